The van der Waals surface area contributed by atoms with Crippen molar-refractivity contribution in [2.75, 3.05) is 39.6 Å². The number of ether oxygens (including phenoxy) is 3. The van der Waals surface area contributed by atoms with Crippen molar-refractivity contribution < 1.29 is 38.6 Å². The number of rotatable bonds is 25. The molecular formula is C42H56O8. The average Bonchev–Trinajstić information content (AvgIpc) is 3.15. The highest BCUT2D eigenvalue weighted by atomic mass is 17.2. The molecule has 3 aromatic carbocycles. The highest BCUT2D eigenvalue weighted by Crippen LogP contribution is 2.36. The molecule has 272 valence electrons. The molecule has 1 aliphatic rings. The van der Waals surface area contributed by atoms with Gasteiger partial charge in [0, 0.05) is 0 Å². The van der Waals surface area contributed by atoms with Gasteiger partial charge < -0.3 is 14.2 Å². The van der Waals surface area contributed by atoms with E-state index < -0.39 is 0 Å². The molecule has 3 aromatic rings. The lowest BCUT2D eigenvalue weighted by molar-refractivity contribution is -0.304. The highest BCUT2D eigenvalue weighted by Gasteiger charge is 2.22. The number of unbranched alkanes of at least 4 members (excludes halogenated alkanes) is 4. The van der Waals surface area contributed by atoms with E-state index in [9.17, 15) is 4.79 Å². The number of benzene rings is 3. The summed E-state index contributed by atoms with van der Waals surface area (Å²) in [6, 6.07) is 23.9. The molecule has 0 amide bonds. The predicted molar refractivity (Wildman–Crippen MR) is 195 cm³/mol. The average molecular weight is 689 g/mol. The molecule has 0 atom stereocenters. The SMILES string of the molecule is C=CCCOc1ccc(C(=O)OCCCCCCOOCc2ccc(OCCCCOOCC3CCC(c4ccc(C)cc4)CC3)cc2)cc1. The fourth-order valence-corrected chi connectivity index (χ4v) is 5.82. The second-order valence-electron chi connectivity index (χ2n) is 13.0. The zero-order valence-electron chi connectivity index (χ0n) is 29.9. The molecule has 0 radical (unpaired) electrons. The molecule has 0 unspecified atom stereocenters. The van der Waals surface area contributed by atoms with Crippen LogP contribution in [0.3, 0.4) is 0 Å². The van der Waals surface area contributed by atoms with Crippen LogP contribution in [-0.4, -0.2) is 45.6 Å². The fourth-order valence-electron chi connectivity index (χ4n) is 5.82. The summed E-state index contributed by atoms with van der Waals surface area (Å²) in [5.74, 6) is 2.52. The molecule has 0 spiro atoms. The lowest BCUT2D eigenvalue weighted by Gasteiger charge is -2.28. The molecular weight excluding hydrogens is 632 g/mol. The van der Waals surface area contributed by atoms with Gasteiger partial charge in [0.25, 0.3) is 0 Å². The Bertz CT molecular complexity index is 1330. The van der Waals surface area contributed by atoms with Crippen molar-refractivity contribution in [3.8, 4) is 11.5 Å². The van der Waals surface area contributed by atoms with Crippen LogP contribution in [0.4, 0.5) is 0 Å². The Morgan fingerprint density at radius 3 is 1.96 bits per heavy atom. The summed E-state index contributed by atoms with van der Waals surface area (Å²) in [6.07, 6.45) is 12.8. The Kier molecular flexibility index (Phi) is 18.5. The zero-order valence-corrected chi connectivity index (χ0v) is 29.9. The minimum absolute atomic E-state index is 0.316. The van der Waals surface area contributed by atoms with Crippen LogP contribution < -0.4 is 9.47 Å². The Morgan fingerprint density at radius 2 is 1.26 bits per heavy atom. The summed E-state index contributed by atoms with van der Waals surface area (Å²) < 4.78 is 16.8. The van der Waals surface area contributed by atoms with Gasteiger partial charge in [0.05, 0.1) is 45.2 Å². The third-order valence-electron chi connectivity index (χ3n) is 8.94. The smallest absolute Gasteiger partial charge is 0.338 e. The maximum atomic E-state index is 12.2. The molecule has 8 nitrogen and oxygen atoms in total. The summed E-state index contributed by atoms with van der Waals surface area (Å²) >= 11 is 0. The topological polar surface area (TPSA) is 81.7 Å². The normalized spacial score (nSPS) is 15.8. The molecule has 0 aliphatic heterocycles. The van der Waals surface area contributed by atoms with Crippen molar-refractivity contribution in [1.29, 1.82) is 0 Å². The van der Waals surface area contributed by atoms with Gasteiger partial charge >= 0.3 is 5.97 Å². The van der Waals surface area contributed by atoms with Gasteiger partial charge in [0.2, 0.25) is 0 Å². The Labute approximate surface area is 298 Å². The van der Waals surface area contributed by atoms with Crippen LogP contribution in [0.25, 0.3) is 0 Å². The molecule has 0 heterocycles. The molecule has 50 heavy (non-hydrogen) atoms. The van der Waals surface area contributed by atoms with Crippen LogP contribution >= 0.6 is 0 Å². The van der Waals surface area contributed by atoms with Crippen molar-refractivity contribution in [1.82, 2.24) is 0 Å². The second kappa shape index (κ2) is 23.7. The van der Waals surface area contributed by atoms with Crippen molar-refractivity contribution in [3.63, 3.8) is 0 Å². The number of esters is 1. The van der Waals surface area contributed by atoms with Crippen LogP contribution in [0.2, 0.25) is 0 Å². The fraction of sp³-hybridized carbons (Fsp3) is 0.500. The van der Waals surface area contributed by atoms with Crippen molar-refractivity contribution in [2.45, 2.75) is 90.1 Å². The van der Waals surface area contributed by atoms with Gasteiger partial charge in [-0.05, 0) is 130 Å². The number of hydrogen-bond acceptors (Lipinski definition) is 8. The van der Waals surface area contributed by atoms with E-state index in [1.165, 1.54) is 36.8 Å². The van der Waals surface area contributed by atoms with Gasteiger partial charge in [0.1, 0.15) is 18.1 Å². The standard InChI is InChI=1S/C42H56O8/c1-3-4-27-44-41-25-21-39(22-26-41)42(43)46-29-7-5-6-8-30-47-50-33-36-15-23-40(24-16-36)45-28-9-10-31-48-49-32-35-13-19-38(20-14-35)37-17-11-34(2)12-18-37/h3,11-12,15-18,21-26,35,38H,1,4-10,13-14,19-20,27-33H2,2H3. The minimum atomic E-state index is -0.316. The molecule has 0 bridgehead atoms. The lowest BCUT2D eigenvalue weighted by Crippen LogP contribution is -2.18. The first-order chi connectivity index (χ1) is 24.6. The van der Waals surface area contributed by atoms with Crippen LogP contribution in [0.5, 0.6) is 11.5 Å². The summed E-state index contributed by atoms with van der Waals surface area (Å²) in [7, 11) is 0. The molecule has 4 rings (SSSR count). The van der Waals surface area contributed by atoms with Crippen LogP contribution in [0.15, 0.2) is 85.5 Å². The predicted octanol–water partition coefficient (Wildman–Crippen LogP) is 9.90. The molecule has 1 fully saturated rings. The monoisotopic (exact) mass is 688 g/mol. The van der Waals surface area contributed by atoms with Crippen molar-refractivity contribution >= 4 is 5.97 Å². The first-order valence-corrected chi connectivity index (χ1v) is 18.4. The van der Waals surface area contributed by atoms with E-state index in [1.807, 2.05) is 24.3 Å². The van der Waals surface area contributed by atoms with Gasteiger partial charge in [-0.1, -0.05) is 54.5 Å². The van der Waals surface area contributed by atoms with E-state index in [1.54, 1.807) is 30.3 Å². The van der Waals surface area contributed by atoms with E-state index in [0.717, 1.165) is 62.0 Å². The largest absolute Gasteiger partial charge is 0.494 e. The molecule has 0 N–H and O–H groups in total. The maximum Gasteiger partial charge on any atom is 0.338 e. The van der Waals surface area contributed by atoms with E-state index in [4.69, 9.17) is 33.8 Å². The molecule has 1 aliphatic carbocycles. The van der Waals surface area contributed by atoms with E-state index in [2.05, 4.69) is 37.8 Å². The molecule has 0 saturated heterocycles. The van der Waals surface area contributed by atoms with E-state index in [0.29, 0.717) is 63.6 Å². The first kappa shape index (κ1) is 39.1. The summed E-state index contributed by atoms with van der Waals surface area (Å²) in [4.78, 5) is 33.9. The van der Waals surface area contributed by atoms with Gasteiger partial charge in [-0.25, -0.2) is 24.3 Å². The van der Waals surface area contributed by atoms with Crippen LogP contribution in [0, 0.1) is 12.8 Å². The van der Waals surface area contributed by atoms with Gasteiger partial charge in [-0.3, -0.25) is 0 Å². The van der Waals surface area contributed by atoms with Gasteiger partial charge in [-0.2, -0.15) is 0 Å². The van der Waals surface area contributed by atoms with E-state index in [-0.39, 0.29) is 5.97 Å². The van der Waals surface area contributed by atoms with Crippen molar-refractivity contribution in [3.05, 3.63) is 108 Å². The number of carbonyl (C=O) groups excluding carboxylic acids is 1. The summed E-state index contributed by atoms with van der Waals surface area (Å²) in [5, 5.41) is 0. The Morgan fingerprint density at radius 1 is 0.660 bits per heavy atom. The lowest BCUT2D eigenvalue weighted by atomic mass is 9.79. The third-order valence-corrected chi connectivity index (χ3v) is 8.94. The number of hydrogen-bond donors (Lipinski definition) is 0. The molecule has 8 heteroatoms. The van der Waals surface area contributed by atoms with Crippen molar-refractivity contribution in [2.24, 2.45) is 5.92 Å². The Hall–Kier alpha value is -3.69. The Balaban J connectivity index is 0.906. The van der Waals surface area contributed by atoms with Gasteiger partial charge in [-0.15, -0.1) is 6.58 Å². The van der Waals surface area contributed by atoms with Crippen LogP contribution in [0.1, 0.15) is 104 Å². The third kappa shape index (κ3) is 15.5. The highest BCUT2D eigenvalue weighted by molar-refractivity contribution is 5.89. The second-order valence-corrected chi connectivity index (χ2v) is 13.0. The maximum absolute atomic E-state index is 12.2. The molecule has 1 saturated carbocycles. The summed E-state index contributed by atoms with van der Waals surface area (Å²) in [5.41, 5.74) is 4.34. The summed E-state index contributed by atoms with van der Waals surface area (Å²) in [6.45, 7) is 9.58. The quantitative estimate of drug-likeness (QED) is 0.0286. The van der Waals surface area contributed by atoms with E-state index >= 15 is 0 Å². The van der Waals surface area contributed by atoms with Crippen LogP contribution in [-0.2, 0) is 30.9 Å². The van der Waals surface area contributed by atoms with Gasteiger partial charge in [0.15, 0.2) is 0 Å². The number of carbonyl (C=O) groups is 1. The number of aryl methyl sites for hydroxylation is 1. The molecule has 0 aromatic heterocycles. The minimum Gasteiger partial charge on any atom is -0.494 e. The first-order valence-electron chi connectivity index (χ1n) is 18.4. The zero-order chi connectivity index (χ0) is 35.1.